The maximum Gasteiger partial charge on any atom is 0.211 e. The van der Waals surface area contributed by atoms with Crippen LogP contribution in [0.1, 0.15) is 16.1 Å². The van der Waals surface area contributed by atoms with Crippen molar-refractivity contribution in [3.05, 3.63) is 41.6 Å². The lowest BCUT2D eigenvalue weighted by atomic mass is 10.1. The Morgan fingerprint density at radius 2 is 1.52 bits per heavy atom. The molecule has 0 saturated carbocycles. The van der Waals surface area contributed by atoms with Crippen LogP contribution < -0.4 is 24.7 Å². The van der Waals surface area contributed by atoms with E-state index in [4.69, 9.17) is 24.7 Å². The van der Waals surface area contributed by atoms with Crippen molar-refractivity contribution < 1.29 is 23.7 Å². The van der Waals surface area contributed by atoms with Crippen molar-refractivity contribution in [1.29, 1.82) is 0 Å². The number of carbonyl (C=O) groups excluding carboxylic acids is 1. The number of nitrogens with two attached hydrogens (primary N) is 1. The number of hydrogen-bond donors (Lipinski definition) is 1. The number of fused-ring (bicyclic) bond motifs is 1. The van der Waals surface area contributed by atoms with Gasteiger partial charge in [0.2, 0.25) is 11.5 Å². The van der Waals surface area contributed by atoms with Gasteiger partial charge in [-0.1, -0.05) is 12.1 Å². The zero-order chi connectivity index (χ0) is 19.7. The number of aromatic nitrogens is 1. The second kappa shape index (κ2) is 7.11. The molecule has 0 aliphatic rings. The molecule has 142 valence electrons. The molecule has 3 aromatic rings. The van der Waals surface area contributed by atoms with Gasteiger partial charge in [0.15, 0.2) is 11.5 Å². The summed E-state index contributed by atoms with van der Waals surface area (Å²) in [5, 5.41) is 0.757. The monoisotopic (exact) mass is 370 g/mol. The minimum absolute atomic E-state index is 0.257. The van der Waals surface area contributed by atoms with E-state index in [2.05, 4.69) is 0 Å². The molecule has 0 spiro atoms. The molecule has 27 heavy (non-hydrogen) atoms. The van der Waals surface area contributed by atoms with Gasteiger partial charge in [0.1, 0.15) is 11.4 Å². The van der Waals surface area contributed by atoms with Crippen LogP contribution in [0.4, 0.5) is 5.69 Å². The first-order valence-corrected chi connectivity index (χ1v) is 8.24. The molecule has 0 unspecified atom stereocenters. The number of ether oxygens (including phenoxy) is 4. The Morgan fingerprint density at radius 3 is 2.04 bits per heavy atom. The van der Waals surface area contributed by atoms with E-state index in [1.165, 1.54) is 21.3 Å². The quantitative estimate of drug-likeness (QED) is 0.672. The standard InChI is InChI=1S/C20H22N2O5/c1-22-17-12(7-6-8-13(17)24-2)16(21)18(22)19(23)11-9-14(25-3)20(27-5)15(10-11)26-4/h6-10H,21H2,1-5H3. The number of carbonyl (C=O) groups is 1. The SMILES string of the molecule is COc1cc(C(=O)c2c(N)c3cccc(OC)c3n2C)cc(OC)c1OC. The van der Waals surface area contributed by atoms with Gasteiger partial charge in [-0.3, -0.25) is 4.79 Å². The molecule has 0 aliphatic carbocycles. The van der Waals surface area contributed by atoms with E-state index in [-0.39, 0.29) is 5.78 Å². The van der Waals surface area contributed by atoms with Crippen LogP contribution in [0.15, 0.2) is 30.3 Å². The lowest BCUT2D eigenvalue weighted by Gasteiger charge is -2.14. The first kappa shape index (κ1) is 18.4. The van der Waals surface area contributed by atoms with E-state index in [0.717, 1.165) is 10.9 Å². The summed E-state index contributed by atoms with van der Waals surface area (Å²) >= 11 is 0. The summed E-state index contributed by atoms with van der Waals surface area (Å²) in [7, 11) is 7.88. The number of nitrogens with zero attached hydrogens (tertiary/aromatic N) is 1. The largest absolute Gasteiger partial charge is 0.495 e. The van der Waals surface area contributed by atoms with E-state index in [1.807, 2.05) is 18.2 Å². The summed E-state index contributed by atoms with van der Waals surface area (Å²) in [5.74, 6) is 1.60. The predicted octanol–water partition coefficient (Wildman–Crippen LogP) is 3.03. The van der Waals surface area contributed by atoms with Crippen molar-refractivity contribution >= 4 is 22.4 Å². The van der Waals surface area contributed by atoms with Crippen molar-refractivity contribution in [3.63, 3.8) is 0 Å². The van der Waals surface area contributed by atoms with Gasteiger partial charge in [-0.25, -0.2) is 0 Å². The van der Waals surface area contributed by atoms with Crippen LogP contribution in [-0.2, 0) is 7.05 Å². The van der Waals surface area contributed by atoms with E-state index in [0.29, 0.717) is 39.9 Å². The maximum atomic E-state index is 13.3. The Kier molecular flexibility index (Phi) is 4.85. The number of nitrogen functional groups attached to an aromatic ring is 1. The van der Waals surface area contributed by atoms with Gasteiger partial charge in [-0.05, 0) is 18.2 Å². The summed E-state index contributed by atoms with van der Waals surface area (Å²) in [5.41, 5.74) is 8.21. The van der Waals surface area contributed by atoms with Crippen LogP contribution in [0.3, 0.4) is 0 Å². The molecule has 1 heterocycles. The maximum absolute atomic E-state index is 13.3. The highest BCUT2D eigenvalue weighted by Gasteiger charge is 2.25. The fourth-order valence-corrected chi connectivity index (χ4v) is 3.29. The summed E-state index contributed by atoms with van der Waals surface area (Å²) < 4.78 is 23.2. The summed E-state index contributed by atoms with van der Waals surface area (Å²) in [6, 6.07) is 8.75. The highest BCUT2D eigenvalue weighted by molar-refractivity contribution is 6.17. The Balaban J connectivity index is 2.23. The third-order valence-electron chi connectivity index (χ3n) is 4.58. The first-order valence-electron chi connectivity index (χ1n) is 8.24. The molecule has 0 radical (unpaired) electrons. The van der Waals surface area contributed by atoms with Crippen molar-refractivity contribution in [3.8, 4) is 23.0 Å². The molecule has 2 N–H and O–H groups in total. The Morgan fingerprint density at radius 1 is 0.926 bits per heavy atom. The molecule has 0 aliphatic heterocycles. The summed E-state index contributed by atoms with van der Waals surface area (Å²) in [6.07, 6.45) is 0. The molecule has 0 amide bonds. The highest BCUT2D eigenvalue weighted by Crippen LogP contribution is 2.40. The van der Waals surface area contributed by atoms with Crippen LogP contribution in [0.2, 0.25) is 0 Å². The third kappa shape index (κ3) is 2.81. The number of benzene rings is 2. The molecular formula is C20H22N2O5. The summed E-state index contributed by atoms with van der Waals surface area (Å²) in [6.45, 7) is 0. The van der Waals surface area contributed by atoms with E-state index >= 15 is 0 Å². The molecule has 1 aromatic heterocycles. The minimum atomic E-state index is -0.257. The number of ketones is 1. The molecule has 3 rings (SSSR count). The lowest BCUT2D eigenvalue weighted by molar-refractivity contribution is 0.103. The first-order chi connectivity index (χ1) is 13.0. The molecule has 0 atom stereocenters. The predicted molar refractivity (Wildman–Crippen MR) is 103 cm³/mol. The van der Waals surface area contributed by atoms with E-state index in [1.54, 1.807) is 30.9 Å². The van der Waals surface area contributed by atoms with Crippen LogP contribution >= 0.6 is 0 Å². The zero-order valence-electron chi connectivity index (χ0n) is 16.0. The molecule has 2 aromatic carbocycles. The molecule has 0 fully saturated rings. The number of hydrogen-bond acceptors (Lipinski definition) is 6. The van der Waals surface area contributed by atoms with Gasteiger partial charge >= 0.3 is 0 Å². The zero-order valence-corrected chi connectivity index (χ0v) is 16.0. The fourth-order valence-electron chi connectivity index (χ4n) is 3.29. The van der Waals surface area contributed by atoms with Gasteiger partial charge in [0.05, 0.1) is 39.6 Å². The van der Waals surface area contributed by atoms with Crippen molar-refractivity contribution in [2.24, 2.45) is 7.05 Å². The minimum Gasteiger partial charge on any atom is -0.495 e. The number of methoxy groups -OCH3 is 4. The number of aryl methyl sites for hydroxylation is 1. The van der Waals surface area contributed by atoms with Crippen LogP contribution in [0.5, 0.6) is 23.0 Å². The molecular weight excluding hydrogens is 348 g/mol. The summed E-state index contributed by atoms with van der Waals surface area (Å²) in [4.78, 5) is 13.3. The van der Waals surface area contributed by atoms with E-state index < -0.39 is 0 Å². The lowest BCUT2D eigenvalue weighted by Crippen LogP contribution is -2.11. The number of rotatable bonds is 6. The van der Waals surface area contributed by atoms with Gasteiger partial charge in [0, 0.05) is 18.0 Å². The van der Waals surface area contributed by atoms with Crippen LogP contribution in [0.25, 0.3) is 10.9 Å². The van der Waals surface area contributed by atoms with Crippen LogP contribution in [0, 0.1) is 0 Å². The second-order valence-corrected chi connectivity index (χ2v) is 5.92. The topological polar surface area (TPSA) is 84.9 Å². The fraction of sp³-hybridized carbons (Fsp3) is 0.250. The van der Waals surface area contributed by atoms with Crippen LogP contribution in [-0.4, -0.2) is 38.8 Å². The van der Waals surface area contributed by atoms with Crippen molar-refractivity contribution in [2.75, 3.05) is 34.2 Å². The van der Waals surface area contributed by atoms with Crippen molar-refractivity contribution in [1.82, 2.24) is 4.57 Å². The Labute approximate surface area is 157 Å². The Bertz CT molecular complexity index is 998. The molecule has 7 heteroatoms. The number of para-hydroxylation sites is 1. The average Bonchev–Trinajstić information content (AvgIpc) is 2.96. The highest BCUT2D eigenvalue weighted by atomic mass is 16.5. The van der Waals surface area contributed by atoms with Gasteiger partial charge in [-0.2, -0.15) is 0 Å². The third-order valence-corrected chi connectivity index (χ3v) is 4.58. The smallest absolute Gasteiger partial charge is 0.211 e. The second-order valence-electron chi connectivity index (χ2n) is 5.92. The van der Waals surface area contributed by atoms with E-state index in [9.17, 15) is 4.79 Å². The molecule has 7 nitrogen and oxygen atoms in total. The van der Waals surface area contributed by atoms with Gasteiger partial charge in [-0.15, -0.1) is 0 Å². The normalized spacial score (nSPS) is 10.7. The number of anilines is 1. The average molecular weight is 370 g/mol. The van der Waals surface area contributed by atoms with Gasteiger partial charge in [0.25, 0.3) is 0 Å². The van der Waals surface area contributed by atoms with Crippen molar-refractivity contribution in [2.45, 2.75) is 0 Å². The van der Waals surface area contributed by atoms with Gasteiger partial charge < -0.3 is 29.2 Å². The molecule has 0 saturated heterocycles. The molecule has 0 bridgehead atoms. The Hall–Kier alpha value is -3.35.